The average molecular weight is 244 g/mol. The minimum atomic E-state index is -1.15. The third-order valence-electron chi connectivity index (χ3n) is 2.88. The molecule has 0 aromatic carbocycles. The Morgan fingerprint density at radius 3 is 2.71 bits per heavy atom. The zero-order chi connectivity index (χ0) is 12.6. The van der Waals surface area contributed by atoms with Gasteiger partial charge in [-0.15, -0.1) is 0 Å². The van der Waals surface area contributed by atoms with Gasteiger partial charge in [0.25, 0.3) is 0 Å². The number of fused-ring (bicyclic) bond motifs is 1. The highest BCUT2D eigenvalue weighted by molar-refractivity contribution is 4.98. The molecule has 2 aliphatic heterocycles. The van der Waals surface area contributed by atoms with Crippen LogP contribution in [-0.4, -0.2) is 48.1 Å². The largest absolute Gasteiger partial charge is 0.367 e. The van der Waals surface area contributed by atoms with Crippen LogP contribution in [0.3, 0.4) is 0 Å². The van der Waals surface area contributed by atoms with E-state index in [2.05, 4.69) is 10.0 Å². The Morgan fingerprint density at radius 1 is 1.41 bits per heavy atom. The van der Waals surface area contributed by atoms with Crippen molar-refractivity contribution in [3.63, 3.8) is 0 Å². The SMILES string of the molecule is CC1(C)OC2[C@@H](N)C(O)OC(CN=[N+]=[N-])[C@@H]2O1. The lowest BCUT2D eigenvalue weighted by Crippen LogP contribution is -2.60. The first-order valence-electron chi connectivity index (χ1n) is 5.40. The zero-order valence-corrected chi connectivity index (χ0v) is 9.68. The summed E-state index contributed by atoms with van der Waals surface area (Å²) < 4.78 is 16.6. The van der Waals surface area contributed by atoms with Crippen molar-refractivity contribution in [3.05, 3.63) is 10.4 Å². The van der Waals surface area contributed by atoms with Crippen LogP contribution in [0.1, 0.15) is 13.8 Å². The number of rotatable bonds is 2. The Balaban J connectivity index is 2.17. The van der Waals surface area contributed by atoms with Gasteiger partial charge in [0.05, 0.1) is 18.7 Å². The fourth-order valence-electron chi connectivity index (χ4n) is 2.18. The number of ether oxygens (including phenoxy) is 3. The van der Waals surface area contributed by atoms with Gasteiger partial charge in [-0.3, -0.25) is 0 Å². The Hall–Kier alpha value is -0.890. The zero-order valence-electron chi connectivity index (χ0n) is 9.68. The first-order valence-corrected chi connectivity index (χ1v) is 5.40. The molecule has 0 aromatic heterocycles. The predicted octanol–water partition coefficient (Wildman–Crippen LogP) is -0.139. The Kier molecular flexibility index (Phi) is 3.26. The summed E-state index contributed by atoms with van der Waals surface area (Å²) in [6, 6.07) is -0.677. The van der Waals surface area contributed by atoms with Crippen molar-refractivity contribution in [2.75, 3.05) is 6.54 Å². The molecular formula is C9H16N4O4. The molecule has 0 spiro atoms. The van der Waals surface area contributed by atoms with Gasteiger partial charge < -0.3 is 25.1 Å². The molecule has 0 radical (unpaired) electrons. The highest BCUT2D eigenvalue weighted by Gasteiger charge is 2.53. The van der Waals surface area contributed by atoms with E-state index in [9.17, 15) is 5.11 Å². The van der Waals surface area contributed by atoms with Crippen molar-refractivity contribution in [1.82, 2.24) is 0 Å². The average Bonchev–Trinajstić information content (AvgIpc) is 2.58. The normalized spacial score (nSPS) is 43.9. The number of nitrogens with zero attached hydrogens (tertiary/aromatic N) is 3. The van der Waals surface area contributed by atoms with Gasteiger partial charge in [-0.05, 0) is 19.4 Å². The molecule has 2 heterocycles. The predicted molar refractivity (Wildman–Crippen MR) is 56.7 cm³/mol. The van der Waals surface area contributed by atoms with Crippen LogP contribution in [0.15, 0.2) is 5.11 Å². The van der Waals surface area contributed by atoms with E-state index >= 15 is 0 Å². The van der Waals surface area contributed by atoms with Gasteiger partial charge in [0.15, 0.2) is 12.1 Å². The molecule has 0 bridgehead atoms. The van der Waals surface area contributed by atoms with Crippen molar-refractivity contribution in [1.29, 1.82) is 0 Å². The second-order valence-corrected chi connectivity index (χ2v) is 4.62. The van der Waals surface area contributed by atoms with Crippen LogP contribution < -0.4 is 5.73 Å². The summed E-state index contributed by atoms with van der Waals surface area (Å²) >= 11 is 0. The van der Waals surface area contributed by atoms with Crippen LogP contribution in [-0.2, 0) is 14.2 Å². The lowest BCUT2D eigenvalue weighted by atomic mass is 9.98. The van der Waals surface area contributed by atoms with E-state index in [-0.39, 0.29) is 6.54 Å². The third-order valence-corrected chi connectivity index (χ3v) is 2.88. The van der Waals surface area contributed by atoms with E-state index in [4.69, 9.17) is 25.5 Å². The lowest BCUT2D eigenvalue weighted by Gasteiger charge is -2.37. The van der Waals surface area contributed by atoms with E-state index in [1.165, 1.54) is 0 Å². The van der Waals surface area contributed by atoms with E-state index in [1.807, 2.05) is 0 Å². The smallest absolute Gasteiger partial charge is 0.172 e. The Bertz CT molecular complexity index is 344. The van der Waals surface area contributed by atoms with Crippen LogP contribution in [0.2, 0.25) is 0 Å². The summed E-state index contributed by atoms with van der Waals surface area (Å²) in [5.74, 6) is -0.783. The number of hydrogen-bond donors (Lipinski definition) is 2. The van der Waals surface area contributed by atoms with Gasteiger partial charge in [0, 0.05) is 4.91 Å². The first kappa shape index (κ1) is 12.6. The number of aliphatic hydroxyl groups excluding tert-OH is 1. The molecule has 17 heavy (non-hydrogen) atoms. The van der Waals surface area contributed by atoms with Crippen molar-refractivity contribution >= 4 is 0 Å². The van der Waals surface area contributed by atoms with Gasteiger partial charge in [-0.2, -0.15) is 0 Å². The Morgan fingerprint density at radius 2 is 2.06 bits per heavy atom. The molecule has 0 aliphatic carbocycles. The van der Waals surface area contributed by atoms with Gasteiger partial charge in [-0.25, -0.2) is 0 Å². The van der Waals surface area contributed by atoms with Gasteiger partial charge in [0.1, 0.15) is 12.2 Å². The summed E-state index contributed by atoms with van der Waals surface area (Å²) in [7, 11) is 0. The highest BCUT2D eigenvalue weighted by Crippen LogP contribution is 2.36. The van der Waals surface area contributed by atoms with E-state index in [0.717, 1.165) is 0 Å². The van der Waals surface area contributed by atoms with Crippen molar-refractivity contribution in [3.8, 4) is 0 Å². The quantitative estimate of drug-likeness (QED) is 0.397. The standard InChI is InChI=1S/C9H16N4O4/c1-9(2)16-6-4(3-12-13-11)15-8(14)5(10)7(6)17-9/h4-8,14H,3,10H2,1-2H3/t4?,5-,6+,7?,8?/m1/s1. The monoisotopic (exact) mass is 244 g/mol. The summed E-state index contributed by atoms with van der Waals surface area (Å²) in [5, 5.41) is 13.1. The third kappa shape index (κ3) is 2.37. The Labute approximate surface area is 98.3 Å². The maximum atomic E-state index is 9.65. The van der Waals surface area contributed by atoms with Crippen molar-refractivity contribution in [2.24, 2.45) is 10.8 Å². The van der Waals surface area contributed by atoms with Crippen molar-refractivity contribution < 1.29 is 19.3 Å². The van der Waals surface area contributed by atoms with Crippen LogP contribution in [0.25, 0.3) is 10.4 Å². The molecule has 3 N–H and O–H groups in total. The summed E-state index contributed by atoms with van der Waals surface area (Å²) in [6.07, 6.45) is -2.60. The lowest BCUT2D eigenvalue weighted by molar-refractivity contribution is -0.215. The molecule has 2 saturated heterocycles. The van der Waals surface area contributed by atoms with Crippen LogP contribution >= 0.6 is 0 Å². The molecule has 5 atom stereocenters. The molecular weight excluding hydrogens is 228 g/mol. The molecule has 8 nitrogen and oxygen atoms in total. The maximum absolute atomic E-state index is 9.65. The van der Waals surface area contributed by atoms with Crippen LogP contribution in [0, 0.1) is 0 Å². The summed E-state index contributed by atoms with van der Waals surface area (Å²) in [6.45, 7) is 3.59. The second-order valence-electron chi connectivity index (χ2n) is 4.62. The van der Waals surface area contributed by atoms with Crippen LogP contribution in [0.5, 0.6) is 0 Å². The topological polar surface area (TPSA) is 123 Å². The highest BCUT2D eigenvalue weighted by atomic mass is 16.8. The molecule has 0 saturated carbocycles. The van der Waals surface area contributed by atoms with Gasteiger partial charge in [0.2, 0.25) is 0 Å². The maximum Gasteiger partial charge on any atom is 0.172 e. The minimum absolute atomic E-state index is 0.0703. The molecule has 0 aromatic rings. The van der Waals surface area contributed by atoms with E-state index < -0.39 is 36.4 Å². The van der Waals surface area contributed by atoms with E-state index in [0.29, 0.717) is 0 Å². The number of hydrogen-bond acceptors (Lipinski definition) is 6. The van der Waals surface area contributed by atoms with Gasteiger partial charge in [-0.1, -0.05) is 5.11 Å². The molecule has 0 amide bonds. The van der Waals surface area contributed by atoms with E-state index in [1.54, 1.807) is 13.8 Å². The number of azide groups is 1. The summed E-state index contributed by atoms with van der Waals surface area (Å²) in [4.78, 5) is 2.66. The fourth-order valence-corrected chi connectivity index (χ4v) is 2.18. The molecule has 3 unspecified atom stereocenters. The number of aliphatic hydroxyl groups is 1. The molecule has 2 aliphatic rings. The molecule has 2 rings (SSSR count). The van der Waals surface area contributed by atoms with Crippen molar-refractivity contribution in [2.45, 2.75) is 50.3 Å². The fraction of sp³-hybridized carbons (Fsp3) is 1.00. The molecule has 96 valence electrons. The molecule has 8 heteroatoms. The number of nitrogens with two attached hydrogens (primary N) is 1. The van der Waals surface area contributed by atoms with Crippen LogP contribution in [0.4, 0.5) is 0 Å². The van der Waals surface area contributed by atoms with Gasteiger partial charge >= 0.3 is 0 Å². The summed E-state index contributed by atoms with van der Waals surface area (Å²) in [5.41, 5.74) is 14.1. The minimum Gasteiger partial charge on any atom is -0.367 e. The second kappa shape index (κ2) is 4.41. The molecule has 2 fully saturated rings. The first-order chi connectivity index (χ1) is 7.94.